The van der Waals surface area contributed by atoms with Crippen molar-refractivity contribution in [3.8, 4) is 0 Å². The molecule has 2 aliphatic rings. The zero-order valence-electron chi connectivity index (χ0n) is 22.6. The number of amides is 3. The molecule has 1 aliphatic carbocycles. The van der Waals surface area contributed by atoms with Gasteiger partial charge in [0, 0.05) is 31.4 Å². The maximum Gasteiger partial charge on any atom is 0.426 e. The van der Waals surface area contributed by atoms with E-state index in [-0.39, 0.29) is 17.5 Å². The van der Waals surface area contributed by atoms with Crippen molar-refractivity contribution in [1.82, 2.24) is 16.2 Å². The van der Waals surface area contributed by atoms with E-state index >= 15 is 4.39 Å². The average Bonchev–Trinajstić information content (AvgIpc) is 3.59. The third-order valence-electron chi connectivity index (χ3n) is 5.74. The first kappa shape index (κ1) is 28.3. The maximum absolute atomic E-state index is 15.3. The monoisotopic (exact) mass is 521 g/mol. The molecule has 1 saturated carbocycles. The lowest BCUT2D eigenvalue weighted by Crippen LogP contribution is -2.44. The molecule has 4 N–H and O–H groups in total. The third-order valence-corrected chi connectivity index (χ3v) is 5.74. The summed E-state index contributed by atoms with van der Waals surface area (Å²) in [6.45, 7) is 12.2. The van der Waals surface area contributed by atoms with Crippen LogP contribution in [0.2, 0.25) is 0 Å². The molecule has 1 aliphatic heterocycles. The summed E-state index contributed by atoms with van der Waals surface area (Å²) in [4.78, 5) is 38.7. The number of hydrazine groups is 1. The minimum Gasteiger partial charge on any atom is -0.444 e. The highest BCUT2D eigenvalue weighted by Gasteiger charge is 2.28. The van der Waals surface area contributed by atoms with Gasteiger partial charge in [-0.1, -0.05) is 0 Å². The van der Waals surface area contributed by atoms with Gasteiger partial charge in [-0.3, -0.25) is 10.2 Å². The van der Waals surface area contributed by atoms with Gasteiger partial charge in [-0.2, -0.15) is 0 Å². The Morgan fingerprint density at radius 2 is 1.62 bits per heavy atom. The summed E-state index contributed by atoms with van der Waals surface area (Å²) in [5.74, 6) is -1.07. The normalized spacial score (nSPS) is 18.0. The highest BCUT2D eigenvalue weighted by Crippen LogP contribution is 2.33. The Morgan fingerprint density at radius 3 is 2.24 bits per heavy atom. The van der Waals surface area contributed by atoms with Gasteiger partial charge in [0.1, 0.15) is 17.0 Å². The van der Waals surface area contributed by atoms with Crippen molar-refractivity contribution in [3.63, 3.8) is 0 Å². The highest BCUT2D eigenvalue weighted by atomic mass is 19.1. The van der Waals surface area contributed by atoms with E-state index in [1.54, 1.807) is 26.8 Å². The summed E-state index contributed by atoms with van der Waals surface area (Å²) >= 11 is 0. The number of carbonyl (C=O) groups excluding carboxylic acids is 3. The van der Waals surface area contributed by atoms with E-state index in [2.05, 4.69) is 21.5 Å². The molecule has 1 aromatic carbocycles. The summed E-state index contributed by atoms with van der Waals surface area (Å²) < 4.78 is 25.8. The molecule has 206 valence electrons. The number of halogens is 1. The number of carbonyl (C=O) groups is 3. The fourth-order valence-corrected chi connectivity index (χ4v) is 4.03. The first-order valence-corrected chi connectivity index (χ1v) is 12.8. The molecule has 3 amide bonds. The molecule has 0 aromatic heterocycles. The topological polar surface area (TPSA) is 121 Å². The minimum atomic E-state index is -0.811. The number of nitrogens with zero attached hydrogens (tertiary/aromatic N) is 1. The SMILES string of the molecule is CC(C)(C)OC(=O)NCC1CCCN(c2cc(NC3CC3)c(C(=O)NNC(=O)OC(C)(C)C)cc2F)C1. The second-order valence-electron chi connectivity index (χ2n) is 11.7. The van der Waals surface area contributed by atoms with Crippen LogP contribution in [-0.2, 0) is 9.47 Å². The Morgan fingerprint density at radius 1 is 0.973 bits per heavy atom. The predicted octanol–water partition coefficient (Wildman–Crippen LogP) is 4.31. The van der Waals surface area contributed by atoms with Crippen LogP contribution in [0.25, 0.3) is 0 Å². The van der Waals surface area contributed by atoms with E-state index in [0.29, 0.717) is 31.0 Å². The van der Waals surface area contributed by atoms with E-state index in [1.165, 1.54) is 6.07 Å². The number of anilines is 2. The molecule has 1 atom stereocenters. The summed E-state index contributed by atoms with van der Waals surface area (Å²) in [5.41, 5.74) is 4.18. The summed E-state index contributed by atoms with van der Waals surface area (Å²) in [6.07, 6.45) is 2.39. The lowest BCUT2D eigenvalue weighted by atomic mass is 9.97. The lowest BCUT2D eigenvalue weighted by molar-refractivity contribution is 0.0481. The third kappa shape index (κ3) is 9.29. The Bertz CT molecular complexity index is 1000. The van der Waals surface area contributed by atoms with Crippen LogP contribution < -0.4 is 26.4 Å². The Kier molecular flexibility index (Phi) is 8.76. The standard InChI is InChI=1S/C26H40FN5O5/c1-25(2,3)36-23(34)28-14-16-8-7-11-32(15-16)21-13-20(29-17-9-10-17)18(12-19(21)27)22(33)30-31-24(35)37-26(4,5)6/h12-13,16-17,29H,7-11,14-15H2,1-6H3,(H,28,34)(H,30,33)(H,31,35). The molecule has 1 saturated heterocycles. The lowest BCUT2D eigenvalue weighted by Gasteiger charge is -2.35. The van der Waals surface area contributed by atoms with Gasteiger partial charge < -0.3 is 25.0 Å². The number of hydrogen-bond acceptors (Lipinski definition) is 7. The average molecular weight is 522 g/mol. The van der Waals surface area contributed by atoms with Crippen molar-refractivity contribution in [1.29, 1.82) is 0 Å². The largest absolute Gasteiger partial charge is 0.444 e. The van der Waals surface area contributed by atoms with Crippen LogP contribution in [0.3, 0.4) is 0 Å². The Balaban J connectivity index is 1.69. The first-order valence-electron chi connectivity index (χ1n) is 12.8. The van der Waals surface area contributed by atoms with Crippen LogP contribution >= 0.6 is 0 Å². The van der Waals surface area contributed by atoms with E-state index in [0.717, 1.165) is 25.7 Å². The number of ether oxygens (including phenoxy) is 2. The molecule has 2 fully saturated rings. The van der Waals surface area contributed by atoms with E-state index in [1.807, 2.05) is 25.7 Å². The van der Waals surface area contributed by atoms with Crippen molar-refractivity contribution in [2.24, 2.45) is 5.92 Å². The number of benzene rings is 1. The first-order chi connectivity index (χ1) is 17.2. The van der Waals surface area contributed by atoms with E-state index in [9.17, 15) is 14.4 Å². The quantitative estimate of drug-likeness (QED) is 0.412. The number of alkyl carbamates (subject to hydrolysis) is 1. The van der Waals surface area contributed by atoms with Gasteiger partial charge in [-0.15, -0.1) is 0 Å². The molecule has 10 nitrogen and oxygen atoms in total. The molecular weight excluding hydrogens is 481 g/mol. The molecule has 1 heterocycles. The van der Waals surface area contributed by atoms with Gasteiger partial charge in [0.25, 0.3) is 5.91 Å². The zero-order valence-corrected chi connectivity index (χ0v) is 22.6. The summed E-state index contributed by atoms with van der Waals surface area (Å²) in [6, 6.07) is 3.06. The van der Waals surface area contributed by atoms with Crippen LogP contribution in [0.1, 0.15) is 77.6 Å². The van der Waals surface area contributed by atoms with Gasteiger partial charge >= 0.3 is 12.2 Å². The number of hydrogen-bond donors (Lipinski definition) is 4. The smallest absolute Gasteiger partial charge is 0.426 e. The highest BCUT2D eigenvalue weighted by molar-refractivity contribution is 6.01. The molecule has 0 spiro atoms. The number of piperidine rings is 1. The van der Waals surface area contributed by atoms with Crippen molar-refractivity contribution in [3.05, 3.63) is 23.5 Å². The Hall–Kier alpha value is -3.24. The molecule has 0 bridgehead atoms. The van der Waals surface area contributed by atoms with Crippen LogP contribution in [0.5, 0.6) is 0 Å². The van der Waals surface area contributed by atoms with Gasteiger partial charge in [-0.05, 0) is 85.3 Å². The van der Waals surface area contributed by atoms with E-state index in [4.69, 9.17) is 9.47 Å². The summed E-state index contributed by atoms with van der Waals surface area (Å²) in [5, 5.41) is 6.11. The molecular formula is C26H40FN5O5. The van der Waals surface area contributed by atoms with Gasteiger partial charge in [0.05, 0.1) is 11.3 Å². The molecule has 1 aromatic rings. The van der Waals surface area contributed by atoms with Gasteiger partial charge in [-0.25, -0.2) is 19.4 Å². The summed E-state index contributed by atoms with van der Waals surface area (Å²) in [7, 11) is 0. The molecule has 11 heteroatoms. The van der Waals surface area contributed by atoms with Gasteiger partial charge in [0.15, 0.2) is 0 Å². The molecule has 37 heavy (non-hydrogen) atoms. The van der Waals surface area contributed by atoms with Crippen LogP contribution in [0.15, 0.2) is 12.1 Å². The number of nitrogens with one attached hydrogen (secondary N) is 4. The van der Waals surface area contributed by atoms with Crippen molar-refractivity contribution < 1.29 is 28.2 Å². The molecule has 3 rings (SSSR count). The van der Waals surface area contributed by atoms with E-state index < -0.39 is 35.1 Å². The molecule has 1 unspecified atom stereocenters. The van der Waals surface area contributed by atoms with Crippen LogP contribution in [-0.4, -0.2) is 55.0 Å². The van der Waals surface area contributed by atoms with Gasteiger partial charge in [0.2, 0.25) is 0 Å². The zero-order chi connectivity index (χ0) is 27.4. The van der Waals surface area contributed by atoms with Crippen LogP contribution in [0, 0.1) is 11.7 Å². The predicted molar refractivity (Wildman–Crippen MR) is 139 cm³/mol. The number of rotatable bonds is 6. The van der Waals surface area contributed by atoms with Crippen molar-refractivity contribution in [2.75, 3.05) is 29.9 Å². The van der Waals surface area contributed by atoms with Crippen molar-refractivity contribution >= 4 is 29.5 Å². The molecule has 0 radical (unpaired) electrons. The minimum absolute atomic E-state index is 0.0874. The fraction of sp³-hybridized carbons (Fsp3) is 0.654. The maximum atomic E-state index is 15.3. The fourth-order valence-electron chi connectivity index (χ4n) is 4.03. The Labute approximate surface area is 218 Å². The second kappa shape index (κ2) is 11.4. The second-order valence-corrected chi connectivity index (χ2v) is 11.7. The van der Waals surface area contributed by atoms with Crippen molar-refractivity contribution in [2.45, 2.75) is 84.5 Å². The van der Waals surface area contributed by atoms with Crippen LogP contribution in [0.4, 0.5) is 25.4 Å².